The zero-order chi connectivity index (χ0) is 9.56. The fraction of sp³-hybridized carbons (Fsp3) is 0.143. The van der Waals surface area contributed by atoms with Crippen molar-refractivity contribution in [1.82, 2.24) is 5.32 Å². The number of hydrogen-bond donors (Lipinski definition) is 4. The van der Waals surface area contributed by atoms with Crippen LogP contribution in [0.5, 0.6) is 0 Å². The first kappa shape index (κ1) is 10.2. The Morgan fingerprint density at radius 3 is 2.58 bits per heavy atom. The molecule has 0 aromatic carbocycles. The number of nitrogens with one attached hydrogen (secondary N) is 2. The first-order chi connectivity index (χ1) is 5.63. The lowest BCUT2D eigenvalue weighted by molar-refractivity contribution is 1.03. The zero-order valence-electron chi connectivity index (χ0n) is 6.96. The van der Waals surface area contributed by atoms with Gasteiger partial charge < -0.3 is 16.8 Å². The smallest absolute Gasteiger partial charge is 0.150 e. The largest absolute Gasteiger partial charge is 0.394 e. The Hall–Kier alpha value is -1.78. The predicted octanol–water partition coefficient (Wildman–Crippen LogP) is -0.126. The molecule has 0 saturated heterocycles. The fourth-order valence-electron chi connectivity index (χ4n) is 0.562. The van der Waals surface area contributed by atoms with Crippen molar-refractivity contribution in [3.63, 3.8) is 0 Å². The van der Waals surface area contributed by atoms with Gasteiger partial charge in [-0.2, -0.15) is 0 Å². The molecule has 0 aromatic heterocycles. The number of allylic oxidation sites excluding steroid dienone is 1. The summed E-state index contributed by atoms with van der Waals surface area (Å²) in [7, 11) is 0. The van der Waals surface area contributed by atoms with Crippen LogP contribution in [0.25, 0.3) is 0 Å². The van der Waals surface area contributed by atoms with Gasteiger partial charge in [0.05, 0.1) is 5.70 Å². The molecule has 0 aliphatic heterocycles. The van der Waals surface area contributed by atoms with Crippen LogP contribution >= 0.6 is 0 Å². The van der Waals surface area contributed by atoms with Crippen molar-refractivity contribution in [1.29, 1.82) is 5.41 Å². The molecule has 0 atom stereocenters. The Morgan fingerprint density at radius 1 is 1.58 bits per heavy atom. The van der Waals surface area contributed by atoms with Crippen LogP contribution in [0.3, 0.4) is 0 Å². The van der Waals surface area contributed by atoms with Gasteiger partial charge in [0.1, 0.15) is 12.2 Å². The van der Waals surface area contributed by atoms with Gasteiger partial charge in [0.25, 0.3) is 0 Å². The highest BCUT2D eigenvalue weighted by Crippen LogP contribution is 1.92. The first-order valence-corrected chi connectivity index (χ1v) is 3.29. The molecule has 0 aromatic rings. The maximum Gasteiger partial charge on any atom is 0.150 e. The Balaban J connectivity index is 4.63. The van der Waals surface area contributed by atoms with Crippen LogP contribution in [0.4, 0.5) is 0 Å². The highest BCUT2D eigenvalue weighted by Gasteiger charge is 1.99. The standard InChI is InChI=1S/C7H13N5/c1-3-11-5(2)6(9)7(10)12-4-8/h3-4,11H,1,9H2,2H3,(H3,8,10,12)/b6-5-. The van der Waals surface area contributed by atoms with Crippen LogP contribution in [0, 0.1) is 5.41 Å². The fourth-order valence-corrected chi connectivity index (χ4v) is 0.562. The van der Waals surface area contributed by atoms with Gasteiger partial charge in [-0.05, 0) is 13.1 Å². The number of aliphatic imine (C=N–C) groups is 1. The molecule has 5 heteroatoms. The van der Waals surface area contributed by atoms with Gasteiger partial charge in [-0.15, -0.1) is 0 Å². The molecule has 0 rings (SSSR count). The van der Waals surface area contributed by atoms with Gasteiger partial charge in [0.15, 0.2) is 0 Å². The van der Waals surface area contributed by atoms with Crippen LogP contribution in [-0.2, 0) is 0 Å². The monoisotopic (exact) mass is 167 g/mol. The van der Waals surface area contributed by atoms with Gasteiger partial charge in [-0.25, -0.2) is 4.99 Å². The first-order valence-electron chi connectivity index (χ1n) is 3.29. The molecule has 6 N–H and O–H groups in total. The number of rotatable bonds is 4. The molecule has 0 unspecified atom stereocenters. The molecule has 0 aliphatic carbocycles. The van der Waals surface area contributed by atoms with Crippen molar-refractivity contribution >= 4 is 12.2 Å². The minimum atomic E-state index is 0.122. The summed E-state index contributed by atoms with van der Waals surface area (Å²) in [5.74, 6) is 0.122. The quantitative estimate of drug-likeness (QED) is 0.346. The van der Waals surface area contributed by atoms with E-state index in [2.05, 4.69) is 16.9 Å². The van der Waals surface area contributed by atoms with Crippen molar-refractivity contribution in [2.45, 2.75) is 6.92 Å². The number of nitrogens with zero attached hydrogens (tertiary/aromatic N) is 1. The maximum absolute atomic E-state index is 6.66. The summed E-state index contributed by atoms with van der Waals surface area (Å²) in [6, 6.07) is 0. The van der Waals surface area contributed by atoms with Crippen molar-refractivity contribution in [2.24, 2.45) is 16.5 Å². The summed E-state index contributed by atoms with van der Waals surface area (Å²) in [4.78, 5) is 3.51. The summed E-state index contributed by atoms with van der Waals surface area (Å²) in [5.41, 5.74) is 11.9. The SMILES string of the molecule is C=CN/C(C)=C(N)/C(N)=N\C=N. The second kappa shape index (κ2) is 4.95. The topological polar surface area (TPSA) is 100 Å². The van der Waals surface area contributed by atoms with E-state index >= 15 is 0 Å². The second-order valence-corrected chi connectivity index (χ2v) is 2.03. The molecular weight excluding hydrogens is 154 g/mol. The van der Waals surface area contributed by atoms with E-state index in [0.29, 0.717) is 11.4 Å². The molecule has 0 heterocycles. The molecule has 5 nitrogen and oxygen atoms in total. The molecule has 66 valence electrons. The molecule has 0 spiro atoms. The van der Waals surface area contributed by atoms with Crippen molar-refractivity contribution in [3.8, 4) is 0 Å². The third kappa shape index (κ3) is 2.87. The number of amidine groups is 1. The minimum Gasteiger partial charge on any atom is -0.394 e. The molecular formula is C7H13N5. The molecule has 0 amide bonds. The van der Waals surface area contributed by atoms with E-state index in [9.17, 15) is 0 Å². The molecule has 0 saturated carbocycles. The van der Waals surface area contributed by atoms with E-state index in [1.165, 1.54) is 6.20 Å². The van der Waals surface area contributed by atoms with Crippen molar-refractivity contribution in [2.75, 3.05) is 0 Å². The van der Waals surface area contributed by atoms with E-state index in [0.717, 1.165) is 6.34 Å². The summed E-state index contributed by atoms with van der Waals surface area (Å²) in [5, 5.41) is 9.43. The molecule has 0 fully saturated rings. The second-order valence-electron chi connectivity index (χ2n) is 2.03. The maximum atomic E-state index is 6.66. The van der Waals surface area contributed by atoms with E-state index in [4.69, 9.17) is 16.9 Å². The Kier molecular flexibility index (Phi) is 4.21. The van der Waals surface area contributed by atoms with Gasteiger partial charge in [0, 0.05) is 5.70 Å². The molecule has 12 heavy (non-hydrogen) atoms. The lowest BCUT2D eigenvalue weighted by atomic mass is 10.3. The number of hydrogen-bond acceptors (Lipinski definition) is 3. The molecule has 0 bridgehead atoms. The van der Waals surface area contributed by atoms with Gasteiger partial charge >= 0.3 is 0 Å². The Bertz CT molecular complexity index is 238. The minimum absolute atomic E-state index is 0.122. The van der Waals surface area contributed by atoms with Gasteiger partial charge in [0.2, 0.25) is 0 Å². The normalized spacial score (nSPS) is 13.2. The van der Waals surface area contributed by atoms with Gasteiger partial charge in [-0.3, -0.25) is 5.41 Å². The van der Waals surface area contributed by atoms with Crippen LogP contribution in [0.15, 0.2) is 29.2 Å². The van der Waals surface area contributed by atoms with E-state index < -0.39 is 0 Å². The lowest BCUT2D eigenvalue weighted by Gasteiger charge is -2.05. The van der Waals surface area contributed by atoms with E-state index in [1.807, 2.05) is 0 Å². The summed E-state index contributed by atoms with van der Waals surface area (Å²) >= 11 is 0. The summed E-state index contributed by atoms with van der Waals surface area (Å²) in [6.45, 7) is 5.20. The van der Waals surface area contributed by atoms with Crippen LogP contribution in [0.2, 0.25) is 0 Å². The molecule has 0 radical (unpaired) electrons. The highest BCUT2D eigenvalue weighted by molar-refractivity contribution is 6.00. The van der Waals surface area contributed by atoms with Crippen molar-refractivity contribution in [3.05, 3.63) is 24.2 Å². The average molecular weight is 167 g/mol. The van der Waals surface area contributed by atoms with E-state index in [-0.39, 0.29) is 5.84 Å². The number of nitrogens with two attached hydrogens (primary N) is 2. The Labute approximate surface area is 71.4 Å². The molecule has 0 aliphatic rings. The van der Waals surface area contributed by atoms with Gasteiger partial charge in [-0.1, -0.05) is 6.58 Å². The average Bonchev–Trinajstić information content (AvgIpc) is 2.04. The predicted molar refractivity (Wildman–Crippen MR) is 50.6 cm³/mol. The highest BCUT2D eigenvalue weighted by atomic mass is 14.9. The van der Waals surface area contributed by atoms with Crippen LogP contribution in [-0.4, -0.2) is 12.2 Å². The zero-order valence-corrected chi connectivity index (χ0v) is 6.96. The summed E-state index contributed by atoms with van der Waals surface area (Å²) < 4.78 is 0. The van der Waals surface area contributed by atoms with E-state index in [1.54, 1.807) is 6.92 Å². The third-order valence-corrected chi connectivity index (χ3v) is 1.20. The summed E-state index contributed by atoms with van der Waals surface area (Å²) in [6.07, 6.45) is 2.32. The Morgan fingerprint density at radius 2 is 2.17 bits per heavy atom. The lowest BCUT2D eigenvalue weighted by Crippen LogP contribution is -2.25. The van der Waals surface area contributed by atoms with Crippen LogP contribution < -0.4 is 16.8 Å². The van der Waals surface area contributed by atoms with Crippen molar-refractivity contribution < 1.29 is 0 Å². The van der Waals surface area contributed by atoms with Crippen LogP contribution in [0.1, 0.15) is 6.92 Å². The third-order valence-electron chi connectivity index (χ3n) is 1.20.